The van der Waals surface area contributed by atoms with Crippen molar-refractivity contribution in [3.63, 3.8) is 0 Å². The molecule has 2 aromatic rings. The number of carbonyl (C=O) groups excluding carboxylic acids is 2. The molecule has 0 spiro atoms. The zero-order chi connectivity index (χ0) is 21.6. The van der Waals surface area contributed by atoms with Gasteiger partial charge in [0.15, 0.2) is 0 Å². The maximum Gasteiger partial charge on any atom is 0.239 e. The molecule has 0 radical (unpaired) electrons. The lowest BCUT2D eigenvalue weighted by molar-refractivity contribution is -0.120. The summed E-state index contributed by atoms with van der Waals surface area (Å²) in [4.78, 5) is 30.7. The molecule has 2 amide bonds. The van der Waals surface area contributed by atoms with Crippen LogP contribution in [0, 0.1) is 0 Å². The fourth-order valence-electron chi connectivity index (χ4n) is 4.04. The van der Waals surface area contributed by atoms with E-state index in [1.165, 1.54) is 5.56 Å². The molecular weight excluding hydrogens is 414 g/mol. The minimum atomic E-state index is -0.0438. The van der Waals surface area contributed by atoms with Gasteiger partial charge in [-0.15, -0.1) is 0 Å². The summed E-state index contributed by atoms with van der Waals surface area (Å²) in [6.45, 7) is 6.57. The van der Waals surface area contributed by atoms with E-state index in [4.69, 9.17) is 11.6 Å². The van der Waals surface area contributed by atoms with E-state index in [0.717, 1.165) is 38.4 Å². The molecule has 0 unspecified atom stereocenters. The third kappa shape index (κ3) is 5.97. The topological polar surface area (TPSA) is 67.9 Å². The van der Waals surface area contributed by atoms with Crippen molar-refractivity contribution in [3.05, 3.63) is 59.1 Å². The van der Waals surface area contributed by atoms with E-state index < -0.39 is 0 Å². The standard InChI is InChI=1S/C23H28ClN5O2/c24-20-14-19(6-7-21(20)29-9-8-25-22(30)17-29)26-23(31)16-28-12-10-27(11-13-28)15-18-4-2-1-3-5-18/h1-7,14H,8-13,15-17H2,(H,25,30)(H,26,31). The van der Waals surface area contributed by atoms with Gasteiger partial charge in [0, 0.05) is 51.5 Å². The summed E-state index contributed by atoms with van der Waals surface area (Å²) >= 11 is 6.43. The van der Waals surface area contributed by atoms with Crippen LogP contribution in [0.1, 0.15) is 5.56 Å². The number of amides is 2. The minimum Gasteiger partial charge on any atom is -0.359 e. The summed E-state index contributed by atoms with van der Waals surface area (Å²) < 4.78 is 0. The lowest BCUT2D eigenvalue weighted by atomic mass is 10.2. The number of nitrogens with one attached hydrogen (secondary N) is 2. The van der Waals surface area contributed by atoms with E-state index >= 15 is 0 Å². The Morgan fingerprint density at radius 2 is 1.74 bits per heavy atom. The van der Waals surface area contributed by atoms with Crippen LogP contribution < -0.4 is 15.5 Å². The van der Waals surface area contributed by atoms with Crippen molar-refractivity contribution in [2.24, 2.45) is 0 Å². The van der Waals surface area contributed by atoms with Gasteiger partial charge < -0.3 is 15.5 Å². The minimum absolute atomic E-state index is 0.0106. The van der Waals surface area contributed by atoms with Crippen molar-refractivity contribution >= 4 is 34.8 Å². The third-order valence-corrected chi connectivity index (χ3v) is 5.99. The number of anilines is 2. The second kappa shape index (κ2) is 10.1. The Hall–Kier alpha value is -2.61. The predicted octanol–water partition coefficient (Wildman–Crippen LogP) is 2.03. The van der Waals surface area contributed by atoms with E-state index in [0.29, 0.717) is 36.9 Å². The van der Waals surface area contributed by atoms with Gasteiger partial charge in [0.25, 0.3) is 0 Å². The lowest BCUT2D eigenvalue weighted by Gasteiger charge is -2.34. The molecule has 4 rings (SSSR count). The van der Waals surface area contributed by atoms with E-state index in [1.807, 2.05) is 23.1 Å². The third-order valence-electron chi connectivity index (χ3n) is 5.69. The molecular formula is C23H28ClN5O2. The fraction of sp³-hybridized carbons (Fsp3) is 0.391. The van der Waals surface area contributed by atoms with Crippen LogP contribution >= 0.6 is 11.6 Å². The van der Waals surface area contributed by atoms with Crippen molar-refractivity contribution in [3.8, 4) is 0 Å². The van der Waals surface area contributed by atoms with E-state index in [1.54, 1.807) is 6.07 Å². The largest absolute Gasteiger partial charge is 0.359 e. The SMILES string of the molecule is O=C1CN(c2ccc(NC(=O)CN3CCN(Cc4ccccc4)CC3)cc2Cl)CCN1. The summed E-state index contributed by atoms with van der Waals surface area (Å²) in [6.07, 6.45) is 0. The van der Waals surface area contributed by atoms with Crippen LogP contribution in [0.2, 0.25) is 5.02 Å². The van der Waals surface area contributed by atoms with Crippen molar-refractivity contribution in [1.29, 1.82) is 0 Å². The second-order valence-corrected chi connectivity index (χ2v) is 8.43. The van der Waals surface area contributed by atoms with Gasteiger partial charge in [-0.25, -0.2) is 0 Å². The number of hydrogen-bond acceptors (Lipinski definition) is 5. The molecule has 2 aromatic carbocycles. The van der Waals surface area contributed by atoms with Crippen molar-refractivity contribution in [2.75, 3.05) is 62.6 Å². The Morgan fingerprint density at radius 3 is 2.45 bits per heavy atom. The van der Waals surface area contributed by atoms with Crippen LogP contribution in [-0.4, -0.2) is 74.0 Å². The molecule has 0 atom stereocenters. The average molecular weight is 442 g/mol. The van der Waals surface area contributed by atoms with Crippen LogP contribution in [0.4, 0.5) is 11.4 Å². The van der Waals surface area contributed by atoms with Crippen LogP contribution in [0.25, 0.3) is 0 Å². The Kier molecular flexibility index (Phi) is 7.06. The Morgan fingerprint density at radius 1 is 1.00 bits per heavy atom. The highest BCUT2D eigenvalue weighted by molar-refractivity contribution is 6.33. The van der Waals surface area contributed by atoms with Crippen LogP contribution in [0.15, 0.2) is 48.5 Å². The zero-order valence-corrected chi connectivity index (χ0v) is 18.3. The van der Waals surface area contributed by atoms with Gasteiger partial charge >= 0.3 is 0 Å². The van der Waals surface area contributed by atoms with Gasteiger partial charge in [-0.1, -0.05) is 41.9 Å². The number of hydrogen-bond donors (Lipinski definition) is 2. The smallest absolute Gasteiger partial charge is 0.239 e. The maximum absolute atomic E-state index is 12.5. The molecule has 0 bridgehead atoms. The molecule has 31 heavy (non-hydrogen) atoms. The zero-order valence-electron chi connectivity index (χ0n) is 17.5. The number of carbonyl (C=O) groups is 2. The molecule has 2 aliphatic heterocycles. The molecule has 0 saturated carbocycles. The quantitative estimate of drug-likeness (QED) is 0.718. The molecule has 2 fully saturated rings. The second-order valence-electron chi connectivity index (χ2n) is 8.02. The highest BCUT2D eigenvalue weighted by atomic mass is 35.5. The lowest BCUT2D eigenvalue weighted by Crippen LogP contribution is -2.48. The van der Waals surface area contributed by atoms with E-state index in [-0.39, 0.29) is 11.8 Å². The van der Waals surface area contributed by atoms with Crippen molar-refractivity contribution < 1.29 is 9.59 Å². The number of halogens is 1. The Labute approximate surface area is 187 Å². The number of benzene rings is 2. The van der Waals surface area contributed by atoms with Gasteiger partial charge in [0.1, 0.15) is 0 Å². The normalized spacial score (nSPS) is 18.0. The summed E-state index contributed by atoms with van der Waals surface area (Å²) in [6, 6.07) is 15.9. The average Bonchev–Trinajstić information content (AvgIpc) is 2.76. The molecule has 0 aliphatic carbocycles. The van der Waals surface area contributed by atoms with Crippen molar-refractivity contribution in [1.82, 2.24) is 15.1 Å². The Bertz CT molecular complexity index is 915. The first kappa shape index (κ1) is 21.6. The molecule has 2 saturated heterocycles. The van der Waals surface area contributed by atoms with E-state index in [9.17, 15) is 9.59 Å². The summed E-state index contributed by atoms with van der Waals surface area (Å²) in [5.74, 6) is -0.0544. The molecule has 0 aromatic heterocycles. The molecule has 2 heterocycles. The van der Waals surface area contributed by atoms with Gasteiger partial charge in [0.2, 0.25) is 11.8 Å². The van der Waals surface area contributed by atoms with Crippen LogP contribution in [-0.2, 0) is 16.1 Å². The fourth-order valence-corrected chi connectivity index (χ4v) is 4.34. The molecule has 7 nitrogen and oxygen atoms in total. The number of nitrogens with zero attached hydrogens (tertiary/aromatic N) is 3. The van der Waals surface area contributed by atoms with Crippen molar-refractivity contribution in [2.45, 2.75) is 6.54 Å². The summed E-state index contributed by atoms with van der Waals surface area (Å²) in [5.41, 5.74) is 2.80. The van der Waals surface area contributed by atoms with Gasteiger partial charge in [-0.05, 0) is 23.8 Å². The first-order chi connectivity index (χ1) is 15.1. The molecule has 2 aliphatic rings. The molecule has 8 heteroatoms. The molecule has 164 valence electrons. The maximum atomic E-state index is 12.5. The highest BCUT2D eigenvalue weighted by Crippen LogP contribution is 2.29. The summed E-state index contributed by atoms with van der Waals surface area (Å²) in [7, 11) is 0. The van der Waals surface area contributed by atoms with Gasteiger partial charge in [-0.3, -0.25) is 19.4 Å². The Balaban J connectivity index is 1.24. The monoisotopic (exact) mass is 441 g/mol. The molecule has 2 N–H and O–H groups in total. The number of rotatable bonds is 6. The highest BCUT2D eigenvalue weighted by Gasteiger charge is 2.21. The van der Waals surface area contributed by atoms with Gasteiger partial charge in [-0.2, -0.15) is 0 Å². The van der Waals surface area contributed by atoms with Gasteiger partial charge in [0.05, 0.1) is 23.8 Å². The predicted molar refractivity (Wildman–Crippen MR) is 123 cm³/mol. The summed E-state index contributed by atoms with van der Waals surface area (Å²) in [5, 5.41) is 6.28. The first-order valence-electron chi connectivity index (χ1n) is 10.7. The first-order valence-corrected chi connectivity index (χ1v) is 11.0. The number of piperazine rings is 2. The van der Waals surface area contributed by atoms with Crippen LogP contribution in [0.3, 0.4) is 0 Å². The van der Waals surface area contributed by atoms with Crippen LogP contribution in [0.5, 0.6) is 0 Å². The van der Waals surface area contributed by atoms with E-state index in [2.05, 4.69) is 44.7 Å².